The molecule has 0 aliphatic carbocycles. The standard InChI is InChI=1S/C9H23NO2Si.C2H7N/c1-4-7-10-8-5-6-9-13(11-2)12-3;1-3-2/h10,13H,4-9H2,1-3H3;3H,1-2H3. The van der Waals surface area contributed by atoms with Crippen LogP contribution in [0.5, 0.6) is 0 Å². The van der Waals surface area contributed by atoms with Gasteiger partial charge < -0.3 is 19.5 Å². The largest absolute Gasteiger partial charge is 0.400 e. The van der Waals surface area contributed by atoms with E-state index in [9.17, 15) is 0 Å². The van der Waals surface area contributed by atoms with Crippen LogP contribution in [-0.4, -0.2) is 50.7 Å². The summed E-state index contributed by atoms with van der Waals surface area (Å²) in [4.78, 5) is 0. The molecule has 0 aromatic rings. The lowest BCUT2D eigenvalue weighted by atomic mass is 10.3. The van der Waals surface area contributed by atoms with Crippen molar-refractivity contribution in [3.8, 4) is 0 Å². The molecule has 0 aliphatic rings. The summed E-state index contributed by atoms with van der Waals surface area (Å²) in [6.45, 7) is 4.45. The number of unbranched alkanes of at least 4 members (excludes halogenated alkanes) is 1. The van der Waals surface area contributed by atoms with E-state index in [1.807, 2.05) is 14.1 Å². The van der Waals surface area contributed by atoms with E-state index in [1.165, 1.54) is 19.3 Å². The normalized spacial score (nSPS) is 10.1. The van der Waals surface area contributed by atoms with Crippen molar-refractivity contribution < 1.29 is 8.85 Å². The van der Waals surface area contributed by atoms with Crippen LogP contribution in [-0.2, 0) is 8.85 Å². The Morgan fingerprint density at radius 2 is 1.56 bits per heavy atom. The summed E-state index contributed by atoms with van der Waals surface area (Å²) in [5.74, 6) is 0. The molecular formula is C11H30N2O2Si. The van der Waals surface area contributed by atoms with E-state index < -0.39 is 9.28 Å². The van der Waals surface area contributed by atoms with E-state index in [0.717, 1.165) is 19.1 Å². The van der Waals surface area contributed by atoms with Gasteiger partial charge in [-0.3, -0.25) is 0 Å². The first-order chi connectivity index (χ1) is 7.76. The fraction of sp³-hybridized carbons (Fsp3) is 1.00. The number of nitrogens with one attached hydrogen (secondary N) is 2. The molecule has 4 nitrogen and oxygen atoms in total. The summed E-state index contributed by atoms with van der Waals surface area (Å²) in [6.07, 6.45) is 3.67. The Morgan fingerprint density at radius 3 is 2.00 bits per heavy atom. The van der Waals surface area contributed by atoms with Crippen molar-refractivity contribution in [3.05, 3.63) is 0 Å². The number of hydrogen-bond donors (Lipinski definition) is 2. The Bertz CT molecular complexity index is 114. The van der Waals surface area contributed by atoms with Gasteiger partial charge in [0.25, 0.3) is 0 Å². The molecule has 0 aliphatic heterocycles. The zero-order valence-electron chi connectivity index (χ0n) is 11.6. The van der Waals surface area contributed by atoms with Gasteiger partial charge in [0, 0.05) is 14.2 Å². The molecule has 0 spiro atoms. The molecule has 0 rings (SSSR count). The van der Waals surface area contributed by atoms with E-state index in [-0.39, 0.29) is 0 Å². The monoisotopic (exact) mass is 250 g/mol. The second-order valence-electron chi connectivity index (χ2n) is 3.65. The predicted molar refractivity (Wildman–Crippen MR) is 73.4 cm³/mol. The second-order valence-corrected chi connectivity index (χ2v) is 6.03. The molecule has 0 aromatic carbocycles. The minimum Gasteiger partial charge on any atom is -0.400 e. The Morgan fingerprint density at radius 1 is 1.00 bits per heavy atom. The fourth-order valence-electron chi connectivity index (χ4n) is 1.19. The third-order valence-corrected chi connectivity index (χ3v) is 3.93. The average Bonchev–Trinajstić information content (AvgIpc) is 2.29. The highest BCUT2D eigenvalue weighted by Gasteiger charge is 2.07. The summed E-state index contributed by atoms with van der Waals surface area (Å²) in [5, 5.41) is 6.13. The Balaban J connectivity index is 0. The lowest BCUT2D eigenvalue weighted by Gasteiger charge is -2.10. The Kier molecular flexibility index (Phi) is 20.1. The second kappa shape index (κ2) is 17.5. The number of rotatable bonds is 9. The smallest absolute Gasteiger partial charge is 0.320 e. The van der Waals surface area contributed by atoms with Crippen LogP contribution in [0.1, 0.15) is 26.2 Å². The van der Waals surface area contributed by atoms with Crippen molar-refractivity contribution in [2.45, 2.75) is 32.2 Å². The molecule has 16 heavy (non-hydrogen) atoms. The molecule has 0 aromatic heterocycles. The SMILES string of the molecule is CCCNCCCC[SiH](OC)OC.CNC. The third kappa shape index (κ3) is 16.5. The van der Waals surface area contributed by atoms with Crippen LogP contribution in [0.15, 0.2) is 0 Å². The van der Waals surface area contributed by atoms with E-state index in [1.54, 1.807) is 14.2 Å². The summed E-state index contributed by atoms with van der Waals surface area (Å²) in [6, 6.07) is 1.13. The van der Waals surface area contributed by atoms with Crippen LogP contribution in [0.3, 0.4) is 0 Å². The van der Waals surface area contributed by atoms with Crippen LogP contribution in [0, 0.1) is 0 Å². The van der Waals surface area contributed by atoms with Gasteiger partial charge in [0.2, 0.25) is 0 Å². The van der Waals surface area contributed by atoms with Gasteiger partial charge in [0.15, 0.2) is 0 Å². The van der Waals surface area contributed by atoms with Gasteiger partial charge in [-0.15, -0.1) is 0 Å². The van der Waals surface area contributed by atoms with Gasteiger partial charge in [-0.1, -0.05) is 13.3 Å². The summed E-state index contributed by atoms with van der Waals surface area (Å²) in [5.41, 5.74) is 0. The summed E-state index contributed by atoms with van der Waals surface area (Å²) in [7, 11) is 5.96. The maximum absolute atomic E-state index is 5.22. The van der Waals surface area contributed by atoms with Crippen LogP contribution in [0.25, 0.3) is 0 Å². The molecule has 100 valence electrons. The Labute approximate surface area is 103 Å². The topological polar surface area (TPSA) is 42.5 Å². The minimum atomic E-state index is -1.28. The summed E-state index contributed by atoms with van der Waals surface area (Å²) >= 11 is 0. The maximum atomic E-state index is 5.22. The minimum absolute atomic E-state index is 1.13. The van der Waals surface area contributed by atoms with Gasteiger partial charge in [0.05, 0.1) is 0 Å². The molecule has 0 fully saturated rings. The molecule has 0 atom stereocenters. The van der Waals surface area contributed by atoms with Crippen molar-refractivity contribution in [1.82, 2.24) is 10.6 Å². The lowest BCUT2D eigenvalue weighted by molar-refractivity contribution is 0.276. The van der Waals surface area contributed by atoms with Gasteiger partial charge >= 0.3 is 9.28 Å². The fourth-order valence-corrected chi connectivity index (χ4v) is 2.48. The van der Waals surface area contributed by atoms with Crippen molar-refractivity contribution >= 4 is 9.28 Å². The van der Waals surface area contributed by atoms with Crippen molar-refractivity contribution in [2.24, 2.45) is 0 Å². The maximum Gasteiger partial charge on any atom is 0.320 e. The zero-order chi connectivity index (χ0) is 12.6. The first-order valence-electron chi connectivity index (χ1n) is 6.11. The molecule has 0 saturated heterocycles. The highest BCUT2D eigenvalue weighted by Crippen LogP contribution is 2.01. The third-order valence-electron chi connectivity index (χ3n) is 2.00. The van der Waals surface area contributed by atoms with Gasteiger partial charge in [0.1, 0.15) is 0 Å². The van der Waals surface area contributed by atoms with E-state index in [4.69, 9.17) is 8.85 Å². The van der Waals surface area contributed by atoms with Crippen molar-refractivity contribution in [2.75, 3.05) is 41.4 Å². The predicted octanol–water partition coefficient (Wildman–Crippen LogP) is 1.12. The molecule has 0 saturated carbocycles. The van der Waals surface area contributed by atoms with E-state index in [2.05, 4.69) is 17.6 Å². The average molecular weight is 250 g/mol. The number of hydrogen-bond acceptors (Lipinski definition) is 4. The Hall–Kier alpha value is 0.0569. The quantitative estimate of drug-likeness (QED) is 0.475. The molecule has 0 radical (unpaired) electrons. The highest BCUT2D eigenvalue weighted by atomic mass is 28.3. The zero-order valence-corrected chi connectivity index (χ0v) is 12.8. The van der Waals surface area contributed by atoms with E-state index in [0.29, 0.717) is 0 Å². The molecule has 0 unspecified atom stereocenters. The van der Waals surface area contributed by atoms with Crippen LogP contribution in [0.2, 0.25) is 6.04 Å². The van der Waals surface area contributed by atoms with Crippen molar-refractivity contribution in [1.29, 1.82) is 0 Å². The highest BCUT2D eigenvalue weighted by molar-refractivity contribution is 6.44. The van der Waals surface area contributed by atoms with Crippen molar-refractivity contribution in [3.63, 3.8) is 0 Å². The first-order valence-corrected chi connectivity index (χ1v) is 7.87. The van der Waals surface area contributed by atoms with Gasteiger partial charge in [-0.05, 0) is 46.1 Å². The lowest BCUT2D eigenvalue weighted by Crippen LogP contribution is -2.20. The van der Waals surface area contributed by atoms with Gasteiger partial charge in [-0.2, -0.15) is 0 Å². The molecule has 0 bridgehead atoms. The molecule has 5 heteroatoms. The van der Waals surface area contributed by atoms with Crippen LogP contribution < -0.4 is 10.6 Å². The van der Waals surface area contributed by atoms with Crippen LogP contribution >= 0.6 is 0 Å². The first kappa shape index (κ1) is 18.4. The van der Waals surface area contributed by atoms with Crippen LogP contribution in [0.4, 0.5) is 0 Å². The van der Waals surface area contributed by atoms with E-state index >= 15 is 0 Å². The summed E-state index contributed by atoms with van der Waals surface area (Å²) < 4.78 is 10.4. The van der Waals surface area contributed by atoms with Gasteiger partial charge in [-0.25, -0.2) is 0 Å². The molecular weight excluding hydrogens is 220 g/mol. The molecule has 2 N–H and O–H groups in total. The molecule has 0 heterocycles. The molecule has 0 amide bonds.